The maximum Gasteiger partial charge on any atom is 0.0337 e. The molecule has 0 unspecified atom stereocenters. The Bertz CT molecular complexity index is 433. The largest absolute Gasteiger partial charge is 0.388 e. The van der Waals surface area contributed by atoms with Crippen LogP contribution in [0.1, 0.15) is 10.4 Å². The molecular formula is C12H12BrNS. The first-order valence-electron chi connectivity index (χ1n) is 4.77. The van der Waals surface area contributed by atoms with E-state index in [1.807, 2.05) is 7.05 Å². The highest BCUT2D eigenvalue weighted by Gasteiger charge is 1.99. The lowest BCUT2D eigenvalue weighted by Gasteiger charge is -2.02. The second-order valence-corrected chi connectivity index (χ2v) is 5.27. The number of rotatable bonds is 3. The van der Waals surface area contributed by atoms with Crippen molar-refractivity contribution in [3.05, 3.63) is 50.6 Å². The molecular weight excluding hydrogens is 270 g/mol. The molecule has 2 aromatic rings. The van der Waals surface area contributed by atoms with Gasteiger partial charge in [0.2, 0.25) is 0 Å². The Morgan fingerprint density at radius 3 is 2.53 bits per heavy atom. The van der Waals surface area contributed by atoms with Crippen LogP contribution in [-0.2, 0) is 6.42 Å². The number of halogens is 1. The van der Waals surface area contributed by atoms with Crippen molar-refractivity contribution >= 4 is 33.0 Å². The third-order valence-electron chi connectivity index (χ3n) is 2.24. The van der Waals surface area contributed by atoms with Crippen LogP contribution in [0.5, 0.6) is 0 Å². The minimum atomic E-state index is 1.01. The van der Waals surface area contributed by atoms with E-state index in [1.54, 1.807) is 11.3 Å². The summed E-state index contributed by atoms with van der Waals surface area (Å²) >= 11 is 5.26. The Balaban J connectivity index is 2.11. The summed E-state index contributed by atoms with van der Waals surface area (Å²) in [5.74, 6) is 0. The molecule has 0 saturated heterocycles. The number of thiophene rings is 1. The van der Waals surface area contributed by atoms with Gasteiger partial charge in [-0.25, -0.2) is 0 Å². The molecule has 0 radical (unpaired) electrons. The van der Waals surface area contributed by atoms with Crippen LogP contribution < -0.4 is 5.32 Å². The average molecular weight is 282 g/mol. The van der Waals surface area contributed by atoms with Crippen LogP contribution in [0.15, 0.2) is 40.2 Å². The van der Waals surface area contributed by atoms with Crippen molar-refractivity contribution in [1.82, 2.24) is 0 Å². The molecule has 1 N–H and O–H groups in total. The monoisotopic (exact) mass is 281 g/mol. The fourth-order valence-corrected chi connectivity index (χ4v) is 2.92. The van der Waals surface area contributed by atoms with Gasteiger partial charge in [-0.3, -0.25) is 0 Å². The van der Waals surface area contributed by atoms with Gasteiger partial charge in [0.05, 0.1) is 0 Å². The standard InChI is InChI=1S/C12H12BrNS/c1-14-11-4-2-9(3-5-11)6-12-7-10(13)8-15-12/h2-5,7-8,14H,6H2,1H3. The van der Waals surface area contributed by atoms with Crippen LogP contribution in [-0.4, -0.2) is 7.05 Å². The van der Waals surface area contributed by atoms with Gasteiger partial charge in [0.25, 0.3) is 0 Å². The van der Waals surface area contributed by atoms with Crippen LogP contribution in [0.3, 0.4) is 0 Å². The molecule has 78 valence electrons. The van der Waals surface area contributed by atoms with Gasteiger partial charge < -0.3 is 5.32 Å². The smallest absolute Gasteiger partial charge is 0.0337 e. The predicted octanol–water partition coefficient (Wildman–Crippen LogP) is 4.14. The van der Waals surface area contributed by atoms with Gasteiger partial charge in [0, 0.05) is 33.9 Å². The SMILES string of the molecule is CNc1ccc(Cc2cc(Br)cs2)cc1. The number of nitrogens with one attached hydrogen (secondary N) is 1. The normalized spacial score (nSPS) is 10.3. The molecule has 1 aromatic heterocycles. The van der Waals surface area contributed by atoms with Crippen LogP contribution in [0.2, 0.25) is 0 Å². The van der Waals surface area contributed by atoms with Gasteiger partial charge in [0.15, 0.2) is 0 Å². The Morgan fingerprint density at radius 2 is 2.00 bits per heavy atom. The van der Waals surface area contributed by atoms with Crippen molar-refractivity contribution in [3.63, 3.8) is 0 Å². The summed E-state index contributed by atoms with van der Waals surface area (Å²) in [5, 5.41) is 5.24. The van der Waals surface area contributed by atoms with Crippen molar-refractivity contribution in [2.75, 3.05) is 12.4 Å². The molecule has 0 atom stereocenters. The van der Waals surface area contributed by atoms with E-state index < -0.39 is 0 Å². The summed E-state index contributed by atoms with van der Waals surface area (Å²) in [5.41, 5.74) is 2.51. The highest BCUT2D eigenvalue weighted by Crippen LogP contribution is 2.22. The molecule has 1 heterocycles. The first kappa shape index (κ1) is 10.7. The molecule has 2 rings (SSSR count). The van der Waals surface area contributed by atoms with Crippen LogP contribution in [0, 0.1) is 0 Å². The highest BCUT2D eigenvalue weighted by atomic mass is 79.9. The third kappa shape index (κ3) is 2.83. The Hall–Kier alpha value is -0.800. The number of hydrogen-bond acceptors (Lipinski definition) is 2. The van der Waals surface area contributed by atoms with Crippen LogP contribution >= 0.6 is 27.3 Å². The van der Waals surface area contributed by atoms with Gasteiger partial charge in [-0.2, -0.15) is 0 Å². The number of hydrogen-bond donors (Lipinski definition) is 1. The lowest BCUT2D eigenvalue weighted by atomic mass is 10.1. The van der Waals surface area contributed by atoms with E-state index in [4.69, 9.17) is 0 Å². The van der Waals surface area contributed by atoms with Crippen molar-refractivity contribution in [2.24, 2.45) is 0 Å². The molecule has 1 nitrogen and oxygen atoms in total. The van der Waals surface area contributed by atoms with E-state index in [-0.39, 0.29) is 0 Å². The van der Waals surface area contributed by atoms with Gasteiger partial charge >= 0.3 is 0 Å². The van der Waals surface area contributed by atoms with Crippen molar-refractivity contribution in [3.8, 4) is 0 Å². The number of anilines is 1. The third-order valence-corrected chi connectivity index (χ3v) is 3.94. The van der Waals surface area contributed by atoms with E-state index in [2.05, 4.69) is 57.0 Å². The van der Waals surface area contributed by atoms with Crippen molar-refractivity contribution < 1.29 is 0 Å². The molecule has 0 fully saturated rings. The zero-order valence-corrected chi connectivity index (χ0v) is 10.9. The van der Waals surface area contributed by atoms with Gasteiger partial charge in [-0.15, -0.1) is 11.3 Å². The summed E-state index contributed by atoms with van der Waals surface area (Å²) in [6.07, 6.45) is 1.01. The quantitative estimate of drug-likeness (QED) is 0.892. The lowest BCUT2D eigenvalue weighted by Crippen LogP contribution is -1.89. The molecule has 0 bridgehead atoms. The van der Waals surface area contributed by atoms with E-state index >= 15 is 0 Å². The molecule has 0 amide bonds. The first-order valence-corrected chi connectivity index (χ1v) is 6.45. The van der Waals surface area contributed by atoms with Crippen LogP contribution in [0.4, 0.5) is 5.69 Å². The molecule has 0 aliphatic carbocycles. The zero-order valence-electron chi connectivity index (χ0n) is 8.46. The molecule has 0 aliphatic heterocycles. The van der Waals surface area contributed by atoms with Gasteiger partial charge in [-0.1, -0.05) is 12.1 Å². The average Bonchev–Trinajstić information content (AvgIpc) is 2.65. The molecule has 3 heteroatoms. The van der Waals surface area contributed by atoms with E-state index in [0.717, 1.165) is 12.1 Å². The minimum Gasteiger partial charge on any atom is -0.388 e. The lowest BCUT2D eigenvalue weighted by molar-refractivity contribution is 1.24. The van der Waals surface area contributed by atoms with Crippen molar-refractivity contribution in [2.45, 2.75) is 6.42 Å². The summed E-state index contributed by atoms with van der Waals surface area (Å²) in [6.45, 7) is 0. The maximum atomic E-state index is 3.47. The second kappa shape index (κ2) is 4.81. The fraction of sp³-hybridized carbons (Fsp3) is 0.167. The number of benzene rings is 1. The Labute approximate surface area is 102 Å². The molecule has 0 aliphatic rings. The Morgan fingerprint density at radius 1 is 1.27 bits per heavy atom. The topological polar surface area (TPSA) is 12.0 Å². The summed E-state index contributed by atoms with van der Waals surface area (Å²) < 4.78 is 1.18. The van der Waals surface area contributed by atoms with Gasteiger partial charge in [-0.05, 0) is 39.7 Å². The predicted molar refractivity (Wildman–Crippen MR) is 70.8 cm³/mol. The fourth-order valence-electron chi connectivity index (χ4n) is 1.44. The molecule has 15 heavy (non-hydrogen) atoms. The van der Waals surface area contributed by atoms with E-state index in [0.29, 0.717) is 0 Å². The second-order valence-electron chi connectivity index (χ2n) is 3.35. The van der Waals surface area contributed by atoms with E-state index in [9.17, 15) is 0 Å². The molecule has 0 saturated carbocycles. The summed E-state index contributed by atoms with van der Waals surface area (Å²) in [4.78, 5) is 1.39. The van der Waals surface area contributed by atoms with E-state index in [1.165, 1.54) is 14.9 Å². The highest BCUT2D eigenvalue weighted by molar-refractivity contribution is 9.10. The van der Waals surface area contributed by atoms with Crippen molar-refractivity contribution in [1.29, 1.82) is 0 Å². The molecule has 1 aromatic carbocycles. The minimum absolute atomic E-state index is 1.01. The molecule has 0 spiro atoms. The first-order chi connectivity index (χ1) is 7.28. The maximum absolute atomic E-state index is 3.47. The summed E-state index contributed by atoms with van der Waals surface area (Å²) in [7, 11) is 1.94. The van der Waals surface area contributed by atoms with Gasteiger partial charge in [0.1, 0.15) is 0 Å². The van der Waals surface area contributed by atoms with Crippen LogP contribution in [0.25, 0.3) is 0 Å². The summed E-state index contributed by atoms with van der Waals surface area (Å²) in [6, 6.07) is 10.7. The zero-order chi connectivity index (χ0) is 10.7. The Kier molecular flexibility index (Phi) is 3.44.